The Morgan fingerprint density at radius 1 is 0.966 bits per heavy atom. The Kier molecular flexibility index (Phi) is 4.66. The molecule has 0 radical (unpaired) electrons. The van der Waals surface area contributed by atoms with Gasteiger partial charge in [-0.2, -0.15) is 0 Å². The summed E-state index contributed by atoms with van der Waals surface area (Å²) >= 11 is 12.6. The summed E-state index contributed by atoms with van der Waals surface area (Å²) in [4.78, 5) is 8.01. The lowest BCUT2D eigenvalue weighted by molar-refractivity contribution is 0.724. The normalized spacial score (nSPS) is 11.4. The molecule has 0 aliphatic heterocycles. The molecule has 29 heavy (non-hydrogen) atoms. The summed E-state index contributed by atoms with van der Waals surface area (Å²) in [6.07, 6.45) is 2.79. The number of rotatable bonds is 5. The van der Waals surface area contributed by atoms with E-state index >= 15 is 0 Å². The molecule has 0 fully saturated rings. The number of halogens is 2. The van der Waals surface area contributed by atoms with Crippen molar-refractivity contribution in [1.29, 1.82) is 0 Å². The molecule has 3 aromatic carbocycles. The number of anilines is 2. The zero-order valence-corrected chi connectivity index (χ0v) is 17.0. The van der Waals surface area contributed by atoms with Crippen LogP contribution in [0.25, 0.3) is 21.9 Å². The van der Waals surface area contributed by atoms with Gasteiger partial charge in [-0.05, 0) is 48.4 Å². The van der Waals surface area contributed by atoms with E-state index in [1.54, 1.807) is 0 Å². The van der Waals surface area contributed by atoms with Crippen molar-refractivity contribution in [2.24, 2.45) is 0 Å². The molecule has 4 nitrogen and oxygen atoms in total. The SMILES string of the molecule is Clc1ccc2c(c1)nc(Nc1cc(Cl)c3cc[nH]c3c1)n2CCc1ccccc1. The number of nitrogens with one attached hydrogen (secondary N) is 2. The van der Waals surface area contributed by atoms with Crippen molar-refractivity contribution in [2.45, 2.75) is 13.0 Å². The number of H-pyrrole nitrogens is 1. The molecule has 6 heteroatoms. The Bertz CT molecular complexity index is 1300. The summed E-state index contributed by atoms with van der Waals surface area (Å²) in [5.74, 6) is 0.764. The summed E-state index contributed by atoms with van der Waals surface area (Å²) in [6.45, 7) is 0.795. The highest BCUT2D eigenvalue weighted by molar-refractivity contribution is 6.35. The molecule has 2 heterocycles. The van der Waals surface area contributed by atoms with Crippen molar-refractivity contribution in [3.63, 3.8) is 0 Å². The van der Waals surface area contributed by atoms with Crippen molar-refractivity contribution in [3.05, 3.63) is 88.5 Å². The first-order valence-corrected chi connectivity index (χ1v) is 10.2. The van der Waals surface area contributed by atoms with E-state index in [0.717, 1.165) is 46.5 Å². The first-order chi connectivity index (χ1) is 14.2. The molecule has 0 aliphatic carbocycles. The minimum absolute atomic E-state index is 0.674. The molecule has 0 saturated heterocycles. The average molecular weight is 421 g/mol. The van der Waals surface area contributed by atoms with Gasteiger partial charge in [0.25, 0.3) is 0 Å². The highest BCUT2D eigenvalue weighted by Gasteiger charge is 2.13. The van der Waals surface area contributed by atoms with Crippen molar-refractivity contribution in [3.8, 4) is 0 Å². The van der Waals surface area contributed by atoms with Gasteiger partial charge in [0, 0.05) is 34.4 Å². The molecule has 0 saturated carbocycles. The molecule has 0 bridgehead atoms. The van der Waals surface area contributed by atoms with Crippen LogP contribution in [0.15, 0.2) is 72.9 Å². The predicted molar refractivity (Wildman–Crippen MR) is 121 cm³/mol. The van der Waals surface area contributed by atoms with Crippen LogP contribution < -0.4 is 5.32 Å². The van der Waals surface area contributed by atoms with E-state index < -0.39 is 0 Å². The Morgan fingerprint density at radius 2 is 1.83 bits per heavy atom. The third-order valence-electron chi connectivity index (χ3n) is 5.05. The molecule has 144 valence electrons. The van der Waals surface area contributed by atoms with Gasteiger partial charge in [-0.15, -0.1) is 0 Å². The lowest BCUT2D eigenvalue weighted by atomic mass is 10.1. The molecular weight excluding hydrogens is 403 g/mol. The van der Waals surface area contributed by atoms with E-state index in [9.17, 15) is 0 Å². The molecular formula is C23H18Cl2N4. The van der Waals surface area contributed by atoms with E-state index in [0.29, 0.717) is 10.0 Å². The molecule has 5 rings (SSSR count). The standard InChI is InChI=1S/C23H18Cl2N4/c24-16-6-7-22-21(12-16)28-23(29(22)11-9-15-4-2-1-3-5-15)27-17-13-19(25)18-8-10-26-20(18)14-17/h1-8,10,12-14,26H,9,11H2,(H,27,28). The van der Waals surface area contributed by atoms with Crippen molar-refractivity contribution in [1.82, 2.24) is 14.5 Å². The zero-order valence-electron chi connectivity index (χ0n) is 15.5. The Balaban J connectivity index is 1.54. The second kappa shape index (κ2) is 7.47. The molecule has 0 atom stereocenters. The molecule has 0 aliphatic rings. The highest BCUT2D eigenvalue weighted by Crippen LogP contribution is 2.30. The van der Waals surface area contributed by atoms with E-state index in [1.165, 1.54) is 5.56 Å². The maximum Gasteiger partial charge on any atom is 0.208 e. The van der Waals surface area contributed by atoms with Crippen LogP contribution >= 0.6 is 23.2 Å². The Morgan fingerprint density at radius 3 is 2.69 bits per heavy atom. The number of imidazole rings is 1. The number of fused-ring (bicyclic) bond motifs is 2. The van der Waals surface area contributed by atoms with Gasteiger partial charge >= 0.3 is 0 Å². The van der Waals surface area contributed by atoms with Crippen molar-refractivity contribution >= 4 is 56.8 Å². The van der Waals surface area contributed by atoms with Crippen LogP contribution in [-0.4, -0.2) is 14.5 Å². The largest absolute Gasteiger partial charge is 0.361 e. The van der Waals surface area contributed by atoms with Gasteiger partial charge in [0.2, 0.25) is 5.95 Å². The predicted octanol–water partition coefficient (Wildman–Crippen LogP) is 6.81. The number of hydrogen-bond donors (Lipinski definition) is 2. The zero-order chi connectivity index (χ0) is 19.8. The first-order valence-electron chi connectivity index (χ1n) is 9.41. The van der Waals surface area contributed by atoms with Crippen LogP contribution in [0.1, 0.15) is 5.56 Å². The van der Waals surface area contributed by atoms with Gasteiger partial charge in [0.1, 0.15) is 0 Å². The van der Waals surface area contributed by atoms with E-state index in [1.807, 2.05) is 48.7 Å². The maximum absolute atomic E-state index is 6.45. The monoisotopic (exact) mass is 420 g/mol. The average Bonchev–Trinajstić information content (AvgIpc) is 3.31. The second-order valence-electron chi connectivity index (χ2n) is 6.98. The quantitative estimate of drug-likeness (QED) is 0.327. The Labute approximate surface area is 178 Å². The third kappa shape index (κ3) is 3.57. The molecule has 0 amide bonds. The third-order valence-corrected chi connectivity index (χ3v) is 5.60. The van der Waals surface area contributed by atoms with E-state index in [2.05, 4.69) is 39.1 Å². The van der Waals surface area contributed by atoms with Crippen LogP contribution in [0.4, 0.5) is 11.6 Å². The second-order valence-corrected chi connectivity index (χ2v) is 7.82. The summed E-state index contributed by atoms with van der Waals surface area (Å²) in [5.41, 5.74) is 5.05. The van der Waals surface area contributed by atoms with Crippen LogP contribution in [0.5, 0.6) is 0 Å². The molecule has 5 aromatic rings. The lowest BCUT2D eigenvalue weighted by Gasteiger charge is -2.12. The lowest BCUT2D eigenvalue weighted by Crippen LogP contribution is -2.06. The van der Waals surface area contributed by atoms with Crippen molar-refractivity contribution in [2.75, 3.05) is 5.32 Å². The summed E-state index contributed by atoms with van der Waals surface area (Å²) in [6, 6.07) is 22.2. The Hall–Kier alpha value is -2.95. The van der Waals surface area contributed by atoms with Crippen LogP contribution in [0.2, 0.25) is 10.0 Å². The van der Waals surface area contributed by atoms with Crippen LogP contribution in [-0.2, 0) is 13.0 Å². The number of nitrogens with zero attached hydrogens (tertiary/aromatic N) is 2. The fourth-order valence-corrected chi connectivity index (χ4v) is 4.08. The van der Waals surface area contributed by atoms with Gasteiger partial charge in [0.15, 0.2) is 0 Å². The molecule has 2 aromatic heterocycles. The number of benzene rings is 3. The van der Waals surface area contributed by atoms with Gasteiger partial charge in [-0.3, -0.25) is 0 Å². The highest BCUT2D eigenvalue weighted by atomic mass is 35.5. The first kappa shape index (κ1) is 18.1. The maximum atomic E-state index is 6.45. The summed E-state index contributed by atoms with van der Waals surface area (Å²) in [7, 11) is 0. The summed E-state index contributed by atoms with van der Waals surface area (Å²) < 4.78 is 2.19. The minimum atomic E-state index is 0.674. The topological polar surface area (TPSA) is 45.6 Å². The fraction of sp³-hybridized carbons (Fsp3) is 0.0870. The van der Waals surface area contributed by atoms with Gasteiger partial charge in [-0.25, -0.2) is 4.98 Å². The van der Waals surface area contributed by atoms with Crippen LogP contribution in [0, 0.1) is 0 Å². The number of aromatic amines is 1. The number of aryl methyl sites for hydroxylation is 2. The fourth-order valence-electron chi connectivity index (χ4n) is 3.63. The number of aromatic nitrogens is 3. The molecule has 0 spiro atoms. The van der Waals surface area contributed by atoms with Crippen molar-refractivity contribution < 1.29 is 0 Å². The van der Waals surface area contributed by atoms with Crippen LogP contribution in [0.3, 0.4) is 0 Å². The smallest absolute Gasteiger partial charge is 0.208 e. The summed E-state index contributed by atoms with van der Waals surface area (Å²) in [5, 5.41) is 5.82. The van der Waals surface area contributed by atoms with Gasteiger partial charge in [-0.1, -0.05) is 53.5 Å². The van der Waals surface area contributed by atoms with Gasteiger partial charge < -0.3 is 14.9 Å². The molecule has 2 N–H and O–H groups in total. The van der Waals surface area contributed by atoms with E-state index in [-0.39, 0.29) is 0 Å². The minimum Gasteiger partial charge on any atom is -0.361 e. The van der Waals surface area contributed by atoms with Gasteiger partial charge in [0.05, 0.1) is 16.1 Å². The molecule has 0 unspecified atom stereocenters. The number of hydrogen-bond acceptors (Lipinski definition) is 2. The van der Waals surface area contributed by atoms with E-state index in [4.69, 9.17) is 28.2 Å².